The number of carbonyl (C=O) groups is 1. The molecule has 78 valence electrons. The van der Waals surface area contributed by atoms with E-state index in [9.17, 15) is 13.2 Å². The van der Waals surface area contributed by atoms with E-state index in [2.05, 4.69) is 0 Å². The molecule has 8 N–H and O–H groups in total. The molecule has 10 heteroatoms. The number of nitrogens with zero attached hydrogens (tertiary/aromatic N) is 1. The zero-order valence-corrected chi connectivity index (χ0v) is 6.17. The summed E-state index contributed by atoms with van der Waals surface area (Å²) in [4.78, 5) is 8.90. The predicted molar refractivity (Wildman–Crippen MR) is 35.8 cm³/mol. The highest BCUT2D eigenvalue weighted by Gasteiger charge is 2.38. The van der Waals surface area contributed by atoms with Crippen LogP contribution in [0, 0.1) is 5.41 Å². The van der Waals surface area contributed by atoms with E-state index in [1.807, 2.05) is 0 Å². The Balaban J connectivity index is 0. The molecular formula is C3H8F3N5O2. The molecule has 7 nitrogen and oxygen atoms in total. The third kappa shape index (κ3) is 10.4. The number of nitrogens with one attached hydrogen (secondary N) is 1. The van der Waals surface area contributed by atoms with Crippen LogP contribution in [-0.4, -0.2) is 28.3 Å². The average molecular weight is 203 g/mol. The predicted octanol–water partition coefficient (Wildman–Crippen LogP) is -1.44. The standard InChI is InChI=1S/C2HF3O2.CH7N5/c3-2(4,5)1(6)7;2-1(3)6(4)5/h(H,6,7);4-5H2,(H3,2,3). The Labute approximate surface area is 70.3 Å². The van der Waals surface area contributed by atoms with Gasteiger partial charge in [-0.15, -0.1) is 0 Å². The van der Waals surface area contributed by atoms with Crippen molar-refractivity contribution in [1.82, 2.24) is 5.12 Å². The van der Waals surface area contributed by atoms with Crippen molar-refractivity contribution in [3.05, 3.63) is 0 Å². The molecule has 0 aliphatic rings. The van der Waals surface area contributed by atoms with Crippen LogP contribution in [0.3, 0.4) is 0 Å². The maximum Gasteiger partial charge on any atom is 0.490 e. The van der Waals surface area contributed by atoms with Gasteiger partial charge in [0.25, 0.3) is 0 Å². The maximum absolute atomic E-state index is 10.6. The van der Waals surface area contributed by atoms with Crippen molar-refractivity contribution in [3.8, 4) is 0 Å². The number of nitrogens with two attached hydrogens (primary N) is 3. The topological polar surface area (TPSA) is 142 Å². The van der Waals surface area contributed by atoms with Crippen molar-refractivity contribution < 1.29 is 23.1 Å². The van der Waals surface area contributed by atoms with E-state index in [-0.39, 0.29) is 5.96 Å². The van der Waals surface area contributed by atoms with Gasteiger partial charge in [-0.3, -0.25) is 5.41 Å². The summed E-state index contributed by atoms with van der Waals surface area (Å²) in [5, 5.41) is 14.1. The minimum atomic E-state index is -5.08. The second-order valence-corrected chi connectivity index (χ2v) is 1.60. The molecule has 0 bridgehead atoms. The summed E-state index contributed by atoms with van der Waals surface area (Å²) < 4.78 is 31.7. The Hall–Kier alpha value is -1.55. The van der Waals surface area contributed by atoms with E-state index in [4.69, 9.17) is 32.7 Å². The van der Waals surface area contributed by atoms with Crippen LogP contribution in [0.4, 0.5) is 13.2 Å². The molecule has 0 aromatic rings. The van der Waals surface area contributed by atoms with Gasteiger partial charge in [0.05, 0.1) is 0 Å². The van der Waals surface area contributed by atoms with Gasteiger partial charge in [-0.25, -0.2) is 21.6 Å². The smallest absolute Gasteiger partial charge is 0.475 e. The molecule has 0 spiro atoms. The third-order valence-corrected chi connectivity index (χ3v) is 0.521. The molecule has 0 amide bonds. The van der Waals surface area contributed by atoms with Gasteiger partial charge in [-0.05, 0) is 0 Å². The van der Waals surface area contributed by atoms with Crippen LogP contribution >= 0.6 is 0 Å². The van der Waals surface area contributed by atoms with Crippen LogP contribution in [0.25, 0.3) is 0 Å². The molecule has 0 unspecified atom stereocenters. The molecular weight excluding hydrogens is 195 g/mol. The highest BCUT2D eigenvalue weighted by Crippen LogP contribution is 2.13. The largest absolute Gasteiger partial charge is 0.490 e. The van der Waals surface area contributed by atoms with Crippen molar-refractivity contribution in [2.45, 2.75) is 6.18 Å². The van der Waals surface area contributed by atoms with Gasteiger partial charge < -0.3 is 10.8 Å². The van der Waals surface area contributed by atoms with Gasteiger partial charge in [0.2, 0.25) is 5.96 Å². The molecule has 0 radical (unpaired) electrons. The summed E-state index contributed by atoms with van der Waals surface area (Å²) in [6.45, 7) is 0. The number of hydrogen-bond donors (Lipinski definition) is 5. The molecule has 0 rings (SSSR count). The number of hydrazine groups is 2. The van der Waals surface area contributed by atoms with Gasteiger partial charge in [-0.2, -0.15) is 13.2 Å². The number of carboxylic acid groups (broad SMARTS) is 1. The Morgan fingerprint density at radius 1 is 1.38 bits per heavy atom. The highest BCUT2D eigenvalue weighted by atomic mass is 19.4. The molecule has 0 saturated heterocycles. The fourth-order valence-corrected chi connectivity index (χ4v) is 0. The monoisotopic (exact) mass is 203 g/mol. The highest BCUT2D eigenvalue weighted by molar-refractivity contribution is 5.73. The van der Waals surface area contributed by atoms with Crippen molar-refractivity contribution in [2.24, 2.45) is 17.4 Å². The van der Waals surface area contributed by atoms with Crippen LogP contribution in [-0.2, 0) is 4.79 Å². The van der Waals surface area contributed by atoms with Gasteiger partial charge in [0.15, 0.2) is 0 Å². The fraction of sp³-hybridized carbons (Fsp3) is 0.333. The number of rotatable bonds is 0. The van der Waals surface area contributed by atoms with Crippen molar-refractivity contribution >= 4 is 11.9 Å². The van der Waals surface area contributed by atoms with E-state index in [1.54, 1.807) is 0 Å². The van der Waals surface area contributed by atoms with E-state index in [1.165, 1.54) is 0 Å². The van der Waals surface area contributed by atoms with Gasteiger partial charge in [0, 0.05) is 0 Å². The van der Waals surface area contributed by atoms with Crippen LogP contribution in [0.5, 0.6) is 0 Å². The summed E-state index contributed by atoms with van der Waals surface area (Å²) in [7, 11) is 0. The van der Waals surface area contributed by atoms with Gasteiger partial charge >= 0.3 is 12.1 Å². The van der Waals surface area contributed by atoms with E-state index in [0.29, 0.717) is 5.12 Å². The number of hydrogen-bond acceptors (Lipinski definition) is 4. The Bertz CT molecular complexity index is 190. The molecule has 0 aliphatic carbocycles. The first-order valence-corrected chi connectivity index (χ1v) is 2.52. The molecule has 0 fully saturated rings. The Morgan fingerprint density at radius 3 is 1.54 bits per heavy atom. The van der Waals surface area contributed by atoms with Crippen LogP contribution in [0.15, 0.2) is 0 Å². The fourth-order valence-electron chi connectivity index (χ4n) is 0. The quantitative estimate of drug-likeness (QED) is 0.141. The summed E-state index contributed by atoms with van der Waals surface area (Å²) in [6, 6.07) is 0. The summed E-state index contributed by atoms with van der Waals surface area (Å²) >= 11 is 0. The lowest BCUT2D eigenvalue weighted by Gasteiger charge is -2.04. The lowest BCUT2D eigenvalue weighted by molar-refractivity contribution is -0.192. The first kappa shape index (κ1) is 14.0. The first-order chi connectivity index (χ1) is 5.59. The Morgan fingerprint density at radius 2 is 1.54 bits per heavy atom. The molecule has 13 heavy (non-hydrogen) atoms. The molecule has 0 atom stereocenters. The molecule has 0 heterocycles. The average Bonchev–Trinajstić information content (AvgIpc) is 1.86. The minimum absolute atomic E-state index is 0.352. The molecule has 0 saturated carbocycles. The zero-order valence-electron chi connectivity index (χ0n) is 6.17. The normalized spacial score (nSPS) is 9.62. The zero-order chi connectivity index (χ0) is 11.2. The number of alkyl halides is 3. The summed E-state index contributed by atoms with van der Waals surface area (Å²) in [5.41, 5.74) is 4.69. The number of carboxylic acids is 1. The van der Waals surface area contributed by atoms with E-state index >= 15 is 0 Å². The molecule has 0 aromatic heterocycles. The summed E-state index contributed by atoms with van der Waals surface area (Å²) in [5.74, 6) is 6.28. The van der Waals surface area contributed by atoms with E-state index in [0.717, 1.165) is 0 Å². The van der Waals surface area contributed by atoms with Crippen molar-refractivity contribution in [1.29, 1.82) is 5.41 Å². The summed E-state index contributed by atoms with van der Waals surface area (Å²) in [6.07, 6.45) is -5.08. The lowest BCUT2D eigenvalue weighted by Crippen LogP contribution is -2.47. The first-order valence-electron chi connectivity index (χ1n) is 2.52. The van der Waals surface area contributed by atoms with Crippen LogP contribution in [0.2, 0.25) is 0 Å². The van der Waals surface area contributed by atoms with E-state index < -0.39 is 12.1 Å². The maximum atomic E-state index is 10.6. The lowest BCUT2D eigenvalue weighted by atomic mass is 10.7. The second-order valence-electron chi connectivity index (χ2n) is 1.60. The number of aliphatic carboxylic acids is 1. The second kappa shape index (κ2) is 5.16. The molecule has 0 aliphatic heterocycles. The van der Waals surface area contributed by atoms with Gasteiger partial charge in [-0.1, -0.05) is 0 Å². The van der Waals surface area contributed by atoms with Crippen molar-refractivity contribution in [3.63, 3.8) is 0 Å². The van der Waals surface area contributed by atoms with Crippen LogP contribution in [0.1, 0.15) is 0 Å². The minimum Gasteiger partial charge on any atom is -0.475 e. The number of guanidine groups is 1. The van der Waals surface area contributed by atoms with Crippen LogP contribution < -0.4 is 17.4 Å². The number of halogens is 3. The Kier molecular flexibility index (Phi) is 5.56. The third-order valence-electron chi connectivity index (χ3n) is 0.521. The molecule has 0 aromatic carbocycles. The van der Waals surface area contributed by atoms with Crippen molar-refractivity contribution in [2.75, 3.05) is 0 Å². The van der Waals surface area contributed by atoms with Gasteiger partial charge in [0.1, 0.15) is 0 Å². The SMILES string of the molecule is N=C(N)N(N)N.O=C(O)C(F)(F)F.